The molecule has 0 aliphatic heterocycles. The minimum Gasteiger partial charge on any atom is -0.390 e. The summed E-state index contributed by atoms with van der Waals surface area (Å²) in [4.78, 5) is 0. The van der Waals surface area contributed by atoms with Crippen LogP contribution in [0.25, 0.3) is 11.1 Å². The lowest BCUT2D eigenvalue weighted by Crippen LogP contribution is -2.20. The number of para-hydroxylation sites is 1. The van der Waals surface area contributed by atoms with Gasteiger partial charge in [0.25, 0.3) is 0 Å². The molecular weight excluding hydrogens is 258 g/mol. The van der Waals surface area contributed by atoms with Gasteiger partial charge in [0.2, 0.25) is 0 Å². The number of aliphatic hydroxyl groups excluding tert-OH is 1. The van der Waals surface area contributed by atoms with E-state index < -0.39 is 6.10 Å². The third-order valence-corrected chi connectivity index (χ3v) is 3.35. The van der Waals surface area contributed by atoms with E-state index in [2.05, 4.69) is 42.6 Å². The maximum atomic E-state index is 9.52. The first-order valence-electron chi connectivity index (χ1n) is 6.34. The minimum absolute atomic E-state index is 0.236. The number of hydrogen-bond acceptors (Lipinski definition) is 2. The molecule has 0 saturated heterocycles. The molecule has 0 aromatic heterocycles. The van der Waals surface area contributed by atoms with E-state index in [1.807, 2.05) is 18.2 Å². The van der Waals surface area contributed by atoms with Crippen LogP contribution in [-0.2, 0) is 0 Å². The van der Waals surface area contributed by atoms with Crippen LogP contribution in [0.15, 0.2) is 48.5 Å². The second-order valence-corrected chi connectivity index (χ2v) is 4.91. The van der Waals surface area contributed by atoms with Gasteiger partial charge in [0.05, 0.1) is 12.0 Å². The zero-order valence-corrected chi connectivity index (χ0v) is 11.7. The van der Waals surface area contributed by atoms with E-state index >= 15 is 0 Å². The highest BCUT2D eigenvalue weighted by Gasteiger charge is 2.06. The first-order chi connectivity index (χ1) is 9.20. The largest absolute Gasteiger partial charge is 0.390 e. The molecule has 0 fully saturated rings. The highest BCUT2D eigenvalue weighted by molar-refractivity contribution is 6.18. The lowest BCUT2D eigenvalue weighted by Gasteiger charge is -2.14. The van der Waals surface area contributed by atoms with Crippen molar-refractivity contribution in [3.8, 4) is 11.1 Å². The van der Waals surface area contributed by atoms with Gasteiger partial charge in [-0.15, -0.1) is 11.6 Å². The number of rotatable bonds is 5. The summed E-state index contributed by atoms with van der Waals surface area (Å²) in [7, 11) is 0. The van der Waals surface area contributed by atoms with Crippen LogP contribution in [0.5, 0.6) is 0 Å². The number of aliphatic hydroxyl groups is 1. The van der Waals surface area contributed by atoms with Crippen LogP contribution < -0.4 is 5.32 Å². The van der Waals surface area contributed by atoms with E-state index in [9.17, 15) is 5.11 Å². The molecule has 2 nitrogen and oxygen atoms in total. The van der Waals surface area contributed by atoms with E-state index in [-0.39, 0.29) is 5.88 Å². The molecule has 3 heteroatoms. The van der Waals surface area contributed by atoms with Crippen molar-refractivity contribution in [1.82, 2.24) is 0 Å². The summed E-state index contributed by atoms with van der Waals surface area (Å²) in [6.07, 6.45) is -0.534. The quantitative estimate of drug-likeness (QED) is 0.816. The number of nitrogens with one attached hydrogen (secondary N) is 1. The summed E-state index contributed by atoms with van der Waals surface area (Å²) < 4.78 is 0. The molecule has 2 rings (SSSR count). The van der Waals surface area contributed by atoms with Crippen molar-refractivity contribution in [2.45, 2.75) is 13.0 Å². The van der Waals surface area contributed by atoms with E-state index in [1.165, 1.54) is 5.56 Å². The van der Waals surface area contributed by atoms with Crippen LogP contribution in [0.3, 0.4) is 0 Å². The maximum Gasteiger partial charge on any atom is 0.0847 e. The summed E-state index contributed by atoms with van der Waals surface area (Å²) in [6, 6.07) is 16.5. The molecule has 0 bridgehead atoms. The Morgan fingerprint density at radius 2 is 1.79 bits per heavy atom. The lowest BCUT2D eigenvalue weighted by atomic mass is 10.0. The molecule has 0 heterocycles. The van der Waals surface area contributed by atoms with Crippen molar-refractivity contribution in [1.29, 1.82) is 0 Å². The van der Waals surface area contributed by atoms with Gasteiger partial charge >= 0.3 is 0 Å². The average Bonchev–Trinajstić information content (AvgIpc) is 2.46. The molecule has 0 aliphatic rings. The van der Waals surface area contributed by atoms with Gasteiger partial charge in [0.15, 0.2) is 0 Å². The highest BCUT2D eigenvalue weighted by Crippen LogP contribution is 2.27. The van der Waals surface area contributed by atoms with Crippen molar-refractivity contribution in [3.05, 3.63) is 54.1 Å². The lowest BCUT2D eigenvalue weighted by molar-refractivity contribution is 0.211. The Balaban J connectivity index is 2.23. The Labute approximate surface area is 119 Å². The van der Waals surface area contributed by atoms with E-state index in [1.54, 1.807) is 0 Å². The number of benzene rings is 2. The minimum atomic E-state index is -0.534. The molecule has 0 spiro atoms. The van der Waals surface area contributed by atoms with Gasteiger partial charge < -0.3 is 10.4 Å². The zero-order valence-electron chi connectivity index (χ0n) is 10.9. The van der Waals surface area contributed by atoms with Gasteiger partial charge in [0.1, 0.15) is 0 Å². The summed E-state index contributed by atoms with van der Waals surface area (Å²) >= 11 is 5.60. The maximum absolute atomic E-state index is 9.52. The fourth-order valence-electron chi connectivity index (χ4n) is 1.90. The normalized spacial score (nSPS) is 12.2. The molecule has 0 amide bonds. The monoisotopic (exact) mass is 275 g/mol. The van der Waals surface area contributed by atoms with Crippen molar-refractivity contribution >= 4 is 17.3 Å². The molecular formula is C16H18ClNO. The van der Waals surface area contributed by atoms with Crippen molar-refractivity contribution in [2.24, 2.45) is 0 Å². The molecule has 0 saturated carbocycles. The number of aryl methyl sites for hydroxylation is 1. The second-order valence-electron chi connectivity index (χ2n) is 4.60. The van der Waals surface area contributed by atoms with Crippen LogP contribution in [0, 0.1) is 6.92 Å². The number of hydrogen-bond donors (Lipinski definition) is 2. The number of halogens is 1. The molecule has 100 valence electrons. The van der Waals surface area contributed by atoms with E-state index in [4.69, 9.17) is 11.6 Å². The standard InChI is InChI=1S/C16H18ClNO/c1-12-6-8-13(9-7-12)15-4-2-3-5-16(15)18-11-14(19)10-17/h2-9,14,18-19H,10-11H2,1H3. The van der Waals surface area contributed by atoms with Crippen LogP contribution in [0.1, 0.15) is 5.56 Å². The summed E-state index contributed by atoms with van der Waals surface area (Å²) in [5.41, 5.74) is 4.54. The predicted molar refractivity (Wildman–Crippen MR) is 81.8 cm³/mol. The van der Waals surface area contributed by atoms with Crippen LogP contribution in [-0.4, -0.2) is 23.6 Å². The third-order valence-electron chi connectivity index (χ3n) is 3.00. The Morgan fingerprint density at radius 3 is 2.47 bits per heavy atom. The Bertz CT molecular complexity index is 525. The highest BCUT2D eigenvalue weighted by atomic mass is 35.5. The zero-order chi connectivity index (χ0) is 13.7. The molecule has 2 aromatic rings. The van der Waals surface area contributed by atoms with Gasteiger partial charge in [-0.1, -0.05) is 48.0 Å². The third kappa shape index (κ3) is 3.72. The van der Waals surface area contributed by atoms with E-state index in [0.29, 0.717) is 6.54 Å². The Kier molecular flexibility index (Phi) is 4.83. The molecule has 2 aromatic carbocycles. The van der Waals surface area contributed by atoms with E-state index in [0.717, 1.165) is 16.8 Å². The molecule has 19 heavy (non-hydrogen) atoms. The smallest absolute Gasteiger partial charge is 0.0847 e. The van der Waals surface area contributed by atoms with Crippen LogP contribution >= 0.6 is 11.6 Å². The number of anilines is 1. The molecule has 0 aliphatic carbocycles. The van der Waals surface area contributed by atoms with Gasteiger partial charge in [-0.25, -0.2) is 0 Å². The van der Waals surface area contributed by atoms with Gasteiger partial charge in [-0.3, -0.25) is 0 Å². The van der Waals surface area contributed by atoms with Gasteiger partial charge in [0, 0.05) is 17.8 Å². The number of alkyl halides is 1. The topological polar surface area (TPSA) is 32.3 Å². The van der Waals surface area contributed by atoms with Gasteiger partial charge in [-0.2, -0.15) is 0 Å². The van der Waals surface area contributed by atoms with Crippen molar-refractivity contribution in [3.63, 3.8) is 0 Å². The Morgan fingerprint density at radius 1 is 1.11 bits per heavy atom. The van der Waals surface area contributed by atoms with Crippen LogP contribution in [0.2, 0.25) is 0 Å². The molecule has 1 atom stereocenters. The second kappa shape index (κ2) is 6.60. The molecule has 2 N–H and O–H groups in total. The van der Waals surface area contributed by atoms with Crippen LogP contribution in [0.4, 0.5) is 5.69 Å². The summed E-state index contributed by atoms with van der Waals surface area (Å²) in [5.74, 6) is 0.236. The predicted octanol–water partition coefficient (Wildman–Crippen LogP) is 3.67. The summed E-state index contributed by atoms with van der Waals surface area (Å²) in [5, 5.41) is 12.8. The average molecular weight is 276 g/mol. The van der Waals surface area contributed by atoms with Gasteiger partial charge in [-0.05, 0) is 18.6 Å². The fraction of sp³-hybridized carbons (Fsp3) is 0.250. The first-order valence-corrected chi connectivity index (χ1v) is 6.88. The summed E-state index contributed by atoms with van der Waals surface area (Å²) in [6.45, 7) is 2.52. The molecule has 1 unspecified atom stereocenters. The first kappa shape index (κ1) is 13.9. The van der Waals surface area contributed by atoms with Crippen molar-refractivity contribution < 1.29 is 5.11 Å². The Hall–Kier alpha value is -1.51. The fourth-order valence-corrected chi connectivity index (χ4v) is 2.01. The SMILES string of the molecule is Cc1ccc(-c2ccccc2NCC(O)CCl)cc1. The molecule has 0 radical (unpaired) electrons. The van der Waals surface area contributed by atoms with Crippen molar-refractivity contribution in [2.75, 3.05) is 17.7 Å².